The van der Waals surface area contributed by atoms with Crippen molar-refractivity contribution in [1.29, 1.82) is 0 Å². The van der Waals surface area contributed by atoms with Gasteiger partial charge in [-0.05, 0) is 24.7 Å². The summed E-state index contributed by atoms with van der Waals surface area (Å²) in [5.41, 5.74) is -1.71. The Morgan fingerprint density at radius 3 is 1.69 bits per heavy atom. The van der Waals surface area contributed by atoms with E-state index < -0.39 is 17.4 Å². The Morgan fingerprint density at radius 2 is 1.54 bits per heavy atom. The van der Waals surface area contributed by atoms with E-state index in [1.165, 1.54) is 0 Å². The van der Waals surface area contributed by atoms with Gasteiger partial charge >= 0.3 is 11.9 Å². The molecule has 0 aromatic rings. The van der Waals surface area contributed by atoms with Gasteiger partial charge in [0, 0.05) is 0 Å². The summed E-state index contributed by atoms with van der Waals surface area (Å²) in [6.07, 6.45) is 1.13. The predicted molar refractivity (Wildman–Crippen MR) is 45.3 cm³/mol. The third-order valence-corrected chi connectivity index (χ3v) is 2.83. The van der Waals surface area contributed by atoms with Crippen LogP contribution in [-0.4, -0.2) is 22.2 Å². The average Bonchev–Trinajstić information content (AvgIpc) is 2.27. The van der Waals surface area contributed by atoms with Crippen molar-refractivity contribution in [3.8, 4) is 0 Å². The zero-order valence-corrected chi connectivity index (χ0v) is 7.83. The molecule has 4 nitrogen and oxygen atoms in total. The van der Waals surface area contributed by atoms with E-state index >= 15 is 0 Å². The lowest BCUT2D eigenvalue weighted by Gasteiger charge is -2.21. The SMILES string of the molecule is CC1(C)CCC(C(=O)O)(C(=O)O)C1. The van der Waals surface area contributed by atoms with E-state index in [0.717, 1.165) is 0 Å². The standard InChI is InChI=1S/C9H14O4/c1-8(2)3-4-9(5-8,6(10)11)7(12)13/h3-5H2,1-2H3,(H,10,11)(H,12,13). The van der Waals surface area contributed by atoms with Gasteiger partial charge in [0.15, 0.2) is 5.41 Å². The Bertz CT molecular complexity index is 240. The van der Waals surface area contributed by atoms with Gasteiger partial charge in [-0.1, -0.05) is 13.8 Å². The average molecular weight is 186 g/mol. The van der Waals surface area contributed by atoms with Crippen molar-refractivity contribution in [1.82, 2.24) is 0 Å². The van der Waals surface area contributed by atoms with E-state index in [-0.39, 0.29) is 18.3 Å². The third-order valence-electron chi connectivity index (χ3n) is 2.83. The van der Waals surface area contributed by atoms with Crippen molar-refractivity contribution in [2.75, 3.05) is 0 Å². The summed E-state index contributed by atoms with van der Waals surface area (Å²) in [6.45, 7) is 3.81. The highest BCUT2D eigenvalue weighted by Gasteiger charge is 2.54. The van der Waals surface area contributed by atoms with Crippen molar-refractivity contribution in [2.45, 2.75) is 33.1 Å². The van der Waals surface area contributed by atoms with Gasteiger partial charge in [-0.15, -0.1) is 0 Å². The molecule has 1 saturated carbocycles. The minimum atomic E-state index is -1.54. The summed E-state index contributed by atoms with van der Waals surface area (Å²) in [7, 11) is 0. The van der Waals surface area contributed by atoms with E-state index in [9.17, 15) is 9.59 Å². The van der Waals surface area contributed by atoms with Crippen molar-refractivity contribution < 1.29 is 19.8 Å². The molecule has 0 atom stereocenters. The van der Waals surface area contributed by atoms with Crippen LogP contribution in [0, 0.1) is 10.8 Å². The van der Waals surface area contributed by atoms with Crippen LogP contribution in [0.5, 0.6) is 0 Å². The fraction of sp³-hybridized carbons (Fsp3) is 0.778. The number of hydrogen-bond acceptors (Lipinski definition) is 2. The van der Waals surface area contributed by atoms with Crippen LogP contribution in [0.4, 0.5) is 0 Å². The molecular weight excluding hydrogens is 172 g/mol. The first-order valence-corrected chi connectivity index (χ1v) is 4.27. The molecular formula is C9H14O4. The molecule has 2 N–H and O–H groups in total. The van der Waals surface area contributed by atoms with Gasteiger partial charge < -0.3 is 10.2 Å². The largest absolute Gasteiger partial charge is 0.480 e. The lowest BCUT2D eigenvalue weighted by atomic mass is 9.82. The molecule has 1 aliphatic rings. The Balaban J connectivity index is 2.98. The molecule has 74 valence electrons. The van der Waals surface area contributed by atoms with Crippen LogP contribution in [0.15, 0.2) is 0 Å². The second-order valence-electron chi connectivity index (χ2n) is 4.53. The first-order valence-electron chi connectivity index (χ1n) is 4.27. The summed E-state index contributed by atoms with van der Waals surface area (Å²) in [6, 6.07) is 0. The fourth-order valence-electron chi connectivity index (χ4n) is 2.00. The summed E-state index contributed by atoms with van der Waals surface area (Å²) in [5, 5.41) is 17.8. The lowest BCUT2D eigenvalue weighted by molar-refractivity contribution is -0.164. The molecule has 0 spiro atoms. The van der Waals surface area contributed by atoms with Crippen LogP contribution in [0.1, 0.15) is 33.1 Å². The Hall–Kier alpha value is -1.06. The number of carboxylic acids is 2. The molecule has 0 bridgehead atoms. The number of carboxylic acid groups (broad SMARTS) is 2. The maximum atomic E-state index is 10.9. The molecule has 0 radical (unpaired) electrons. The van der Waals surface area contributed by atoms with Crippen LogP contribution < -0.4 is 0 Å². The molecule has 13 heavy (non-hydrogen) atoms. The first-order chi connectivity index (χ1) is 5.80. The maximum absolute atomic E-state index is 10.9. The number of rotatable bonds is 2. The molecule has 0 amide bonds. The topological polar surface area (TPSA) is 74.6 Å². The predicted octanol–water partition coefficient (Wildman–Crippen LogP) is 1.35. The van der Waals surface area contributed by atoms with Gasteiger partial charge in [-0.3, -0.25) is 9.59 Å². The molecule has 0 saturated heterocycles. The third kappa shape index (κ3) is 1.53. The Labute approximate surface area is 76.6 Å². The van der Waals surface area contributed by atoms with Crippen molar-refractivity contribution in [3.05, 3.63) is 0 Å². The molecule has 1 rings (SSSR count). The molecule has 0 unspecified atom stereocenters. The Kier molecular flexibility index (Phi) is 2.10. The van der Waals surface area contributed by atoms with Crippen LogP contribution in [0.25, 0.3) is 0 Å². The number of hydrogen-bond donors (Lipinski definition) is 2. The minimum Gasteiger partial charge on any atom is -0.480 e. The highest BCUT2D eigenvalue weighted by atomic mass is 16.4. The van der Waals surface area contributed by atoms with Crippen LogP contribution in [0.3, 0.4) is 0 Å². The van der Waals surface area contributed by atoms with E-state index in [1.54, 1.807) is 0 Å². The van der Waals surface area contributed by atoms with Crippen molar-refractivity contribution in [2.24, 2.45) is 10.8 Å². The summed E-state index contributed by atoms with van der Waals surface area (Å²) < 4.78 is 0. The molecule has 0 aromatic carbocycles. The monoisotopic (exact) mass is 186 g/mol. The van der Waals surface area contributed by atoms with Gasteiger partial charge in [-0.2, -0.15) is 0 Å². The van der Waals surface area contributed by atoms with Crippen molar-refractivity contribution in [3.63, 3.8) is 0 Å². The molecule has 0 aromatic heterocycles. The fourth-order valence-corrected chi connectivity index (χ4v) is 2.00. The van der Waals surface area contributed by atoms with Gasteiger partial charge in [0.05, 0.1) is 0 Å². The highest BCUT2D eigenvalue weighted by molar-refractivity contribution is 5.98. The van der Waals surface area contributed by atoms with Crippen molar-refractivity contribution >= 4 is 11.9 Å². The summed E-state index contributed by atoms with van der Waals surface area (Å²) in [5.74, 6) is -2.41. The van der Waals surface area contributed by atoms with Gasteiger partial charge in [0.25, 0.3) is 0 Å². The zero-order valence-electron chi connectivity index (χ0n) is 7.83. The zero-order chi connectivity index (χ0) is 10.3. The molecule has 4 heteroatoms. The van der Waals surface area contributed by atoms with E-state index in [0.29, 0.717) is 6.42 Å². The number of carbonyl (C=O) groups is 2. The van der Waals surface area contributed by atoms with Gasteiger partial charge in [0.2, 0.25) is 0 Å². The molecule has 0 heterocycles. The first kappa shape index (κ1) is 10.0. The van der Waals surface area contributed by atoms with Crippen LogP contribution in [0.2, 0.25) is 0 Å². The second kappa shape index (κ2) is 2.72. The Morgan fingerprint density at radius 1 is 1.08 bits per heavy atom. The van der Waals surface area contributed by atoms with Gasteiger partial charge in [0.1, 0.15) is 0 Å². The summed E-state index contributed by atoms with van der Waals surface area (Å²) >= 11 is 0. The van der Waals surface area contributed by atoms with E-state index in [2.05, 4.69) is 0 Å². The molecule has 1 aliphatic carbocycles. The summed E-state index contributed by atoms with van der Waals surface area (Å²) in [4.78, 5) is 21.7. The van der Waals surface area contributed by atoms with E-state index in [4.69, 9.17) is 10.2 Å². The number of aliphatic carboxylic acids is 2. The lowest BCUT2D eigenvalue weighted by Crippen LogP contribution is -2.37. The quantitative estimate of drug-likeness (QED) is 0.638. The van der Waals surface area contributed by atoms with E-state index in [1.807, 2.05) is 13.8 Å². The molecule has 1 fully saturated rings. The smallest absolute Gasteiger partial charge is 0.321 e. The molecule has 0 aliphatic heterocycles. The normalized spacial score (nSPS) is 24.2. The highest BCUT2D eigenvalue weighted by Crippen LogP contribution is 2.49. The maximum Gasteiger partial charge on any atom is 0.321 e. The van der Waals surface area contributed by atoms with Crippen LogP contribution in [-0.2, 0) is 9.59 Å². The minimum absolute atomic E-state index is 0.170. The van der Waals surface area contributed by atoms with Gasteiger partial charge in [-0.25, -0.2) is 0 Å². The van der Waals surface area contributed by atoms with Crippen LogP contribution >= 0.6 is 0 Å². The second-order valence-corrected chi connectivity index (χ2v) is 4.53.